The lowest BCUT2D eigenvalue weighted by Gasteiger charge is -1.91. The Morgan fingerprint density at radius 2 is 2.11 bits per heavy atom. The van der Waals surface area contributed by atoms with Crippen LogP contribution in [0.2, 0.25) is 5.15 Å². The maximum Gasteiger partial charge on any atom is 0.173 e. The molecule has 0 N–H and O–H groups in total. The minimum atomic E-state index is 0.586. The molecule has 0 bridgehead atoms. The first-order valence-corrected chi connectivity index (χ1v) is 4.69. The molecule has 0 aliphatic carbocycles. The molecule has 1 aromatic rings. The molecule has 0 amide bonds. The number of nitrogens with zero attached hydrogens (tertiary/aromatic N) is 2. The summed E-state index contributed by atoms with van der Waals surface area (Å²) in [5.74, 6) is 0. The molecule has 0 fully saturated rings. The molecule has 1 aromatic heterocycles. The van der Waals surface area contributed by atoms with Crippen LogP contribution in [0.1, 0.15) is 0 Å². The maximum atomic E-state index is 5.69. The first-order valence-electron chi connectivity index (χ1n) is 2.16. The van der Waals surface area contributed by atoms with E-state index in [0.717, 1.165) is 7.53 Å². The monoisotopic (exact) mass is 368 g/mol. The molecule has 5 heteroatoms. The molecule has 0 spiro atoms. The minimum Gasteiger partial charge on any atom is -0.317 e. The standard InChI is InChI=1S/C4H3ClI2N2/c1-9-3(6)2(5)8-4(9)7/h1H3. The molecule has 0 saturated carbocycles. The third-order valence-corrected chi connectivity index (χ3v) is 3.71. The van der Waals surface area contributed by atoms with Gasteiger partial charge in [0.1, 0.15) is 3.70 Å². The van der Waals surface area contributed by atoms with Gasteiger partial charge in [0.05, 0.1) is 0 Å². The van der Waals surface area contributed by atoms with Gasteiger partial charge in [-0.05, 0) is 22.6 Å². The van der Waals surface area contributed by atoms with Gasteiger partial charge in [-0.25, -0.2) is 4.98 Å². The summed E-state index contributed by atoms with van der Waals surface area (Å²) < 4.78 is 3.84. The average Bonchev–Trinajstić information content (AvgIpc) is 1.98. The van der Waals surface area contributed by atoms with Gasteiger partial charge in [0.2, 0.25) is 0 Å². The summed E-state index contributed by atoms with van der Waals surface area (Å²) in [7, 11) is 1.93. The molecule has 1 heterocycles. The van der Waals surface area contributed by atoms with Crippen LogP contribution >= 0.6 is 56.8 Å². The Hall–Kier alpha value is 0.960. The van der Waals surface area contributed by atoms with Gasteiger partial charge in [0, 0.05) is 29.6 Å². The number of aromatic nitrogens is 2. The molecule has 0 aromatic carbocycles. The SMILES string of the molecule is Cn1c(I)nc(Cl)c1I. The Bertz CT molecular complexity index is 210. The van der Waals surface area contributed by atoms with E-state index in [1.54, 1.807) is 0 Å². The minimum absolute atomic E-state index is 0.586. The van der Waals surface area contributed by atoms with Gasteiger partial charge in [-0.2, -0.15) is 0 Å². The highest BCUT2D eigenvalue weighted by molar-refractivity contribution is 14.1. The summed E-state index contributed by atoms with van der Waals surface area (Å²) in [6.07, 6.45) is 0. The largest absolute Gasteiger partial charge is 0.317 e. The van der Waals surface area contributed by atoms with Crippen molar-refractivity contribution in [2.24, 2.45) is 7.05 Å². The van der Waals surface area contributed by atoms with Crippen molar-refractivity contribution in [3.05, 3.63) is 12.7 Å². The quantitative estimate of drug-likeness (QED) is 0.643. The Morgan fingerprint density at radius 1 is 1.56 bits per heavy atom. The molecule has 50 valence electrons. The van der Waals surface area contributed by atoms with Crippen molar-refractivity contribution in [1.82, 2.24) is 9.55 Å². The maximum absolute atomic E-state index is 5.69. The van der Waals surface area contributed by atoms with Gasteiger partial charge in [0.25, 0.3) is 0 Å². The van der Waals surface area contributed by atoms with Crippen LogP contribution in [0.3, 0.4) is 0 Å². The molecule has 0 radical (unpaired) electrons. The molecule has 0 unspecified atom stereocenters. The Labute approximate surface area is 85.3 Å². The normalized spacial score (nSPS) is 10.2. The molecule has 0 saturated heterocycles. The van der Waals surface area contributed by atoms with Crippen LogP contribution in [0.5, 0.6) is 0 Å². The van der Waals surface area contributed by atoms with E-state index in [9.17, 15) is 0 Å². The Morgan fingerprint density at radius 3 is 2.22 bits per heavy atom. The molecule has 9 heavy (non-hydrogen) atoms. The second-order valence-electron chi connectivity index (χ2n) is 1.52. The highest BCUT2D eigenvalue weighted by Gasteiger charge is 2.05. The summed E-state index contributed by atoms with van der Waals surface area (Å²) in [6.45, 7) is 0. The summed E-state index contributed by atoms with van der Waals surface area (Å²) >= 11 is 9.98. The van der Waals surface area contributed by atoms with Crippen molar-refractivity contribution in [2.45, 2.75) is 0 Å². The molecule has 0 aliphatic heterocycles. The Kier molecular flexibility index (Phi) is 2.61. The van der Waals surface area contributed by atoms with Gasteiger partial charge in [-0.3, -0.25) is 0 Å². The van der Waals surface area contributed by atoms with Crippen molar-refractivity contribution in [3.8, 4) is 0 Å². The predicted molar refractivity (Wildman–Crippen MR) is 53.7 cm³/mol. The van der Waals surface area contributed by atoms with Gasteiger partial charge < -0.3 is 4.57 Å². The third kappa shape index (κ3) is 1.51. The van der Waals surface area contributed by atoms with Gasteiger partial charge in [-0.1, -0.05) is 11.6 Å². The number of halogens is 3. The van der Waals surface area contributed by atoms with E-state index in [0.29, 0.717) is 5.15 Å². The molecule has 1 rings (SSSR count). The van der Waals surface area contributed by atoms with E-state index in [1.807, 2.05) is 11.6 Å². The average molecular weight is 368 g/mol. The van der Waals surface area contributed by atoms with Gasteiger partial charge in [-0.15, -0.1) is 0 Å². The van der Waals surface area contributed by atoms with Crippen molar-refractivity contribution < 1.29 is 0 Å². The van der Waals surface area contributed by atoms with E-state index in [1.165, 1.54) is 0 Å². The highest BCUT2D eigenvalue weighted by Crippen LogP contribution is 2.18. The smallest absolute Gasteiger partial charge is 0.173 e. The zero-order chi connectivity index (χ0) is 7.02. The Balaban J connectivity index is 3.29. The van der Waals surface area contributed by atoms with E-state index >= 15 is 0 Å². The van der Waals surface area contributed by atoms with Crippen LogP contribution in [0.4, 0.5) is 0 Å². The molecular formula is C4H3ClI2N2. The van der Waals surface area contributed by atoms with Crippen molar-refractivity contribution in [3.63, 3.8) is 0 Å². The van der Waals surface area contributed by atoms with E-state index < -0.39 is 0 Å². The lowest BCUT2D eigenvalue weighted by atomic mass is 10.9. The van der Waals surface area contributed by atoms with Crippen LogP contribution in [0.25, 0.3) is 0 Å². The molecule has 0 atom stereocenters. The second kappa shape index (κ2) is 2.91. The molecule has 2 nitrogen and oxygen atoms in total. The fourth-order valence-corrected chi connectivity index (χ4v) is 2.06. The topological polar surface area (TPSA) is 17.8 Å². The number of imidazole rings is 1. The number of hydrogen-bond donors (Lipinski definition) is 0. The van der Waals surface area contributed by atoms with Crippen LogP contribution < -0.4 is 0 Å². The first-order chi connectivity index (χ1) is 4.13. The van der Waals surface area contributed by atoms with Crippen molar-refractivity contribution >= 4 is 56.8 Å². The molecule has 0 aliphatic rings. The summed E-state index contributed by atoms with van der Waals surface area (Å²) in [5.41, 5.74) is 0. The fraction of sp³-hybridized carbons (Fsp3) is 0.250. The predicted octanol–water partition coefficient (Wildman–Crippen LogP) is 2.28. The summed E-state index contributed by atoms with van der Waals surface area (Å²) in [6, 6.07) is 0. The van der Waals surface area contributed by atoms with Crippen LogP contribution in [-0.2, 0) is 7.05 Å². The zero-order valence-corrected chi connectivity index (χ0v) is 9.60. The van der Waals surface area contributed by atoms with Crippen LogP contribution in [-0.4, -0.2) is 9.55 Å². The summed E-state index contributed by atoms with van der Waals surface area (Å²) in [5, 5.41) is 0.586. The van der Waals surface area contributed by atoms with Gasteiger partial charge in [0.15, 0.2) is 8.98 Å². The van der Waals surface area contributed by atoms with Crippen LogP contribution in [0.15, 0.2) is 0 Å². The number of rotatable bonds is 0. The van der Waals surface area contributed by atoms with Crippen molar-refractivity contribution in [2.75, 3.05) is 0 Å². The van der Waals surface area contributed by atoms with E-state index in [4.69, 9.17) is 11.6 Å². The zero-order valence-electron chi connectivity index (χ0n) is 4.53. The number of hydrogen-bond acceptors (Lipinski definition) is 1. The third-order valence-electron chi connectivity index (χ3n) is 0.932. The fourth-order valence-electron chi connectivity index (χ4n) is 0.422. The van der Waals surface area contributed by atoms with E-state index in [-0.39, 0.29) is 0 Å². The lowest BCUT2D eigenvalue weighted by molar-refractivity contribution is 0.855. The summed E-state index contributed by atoms with van der Waals surface area (Å²) in [4.78, 5) is 4.02. The van der Waals surface area contributed by atoms with Gasteiger partial charge >= 0.3 is 0 Å². The van der Waals surface area contributed by atoms with Crippen molar-refractivity contribution in [1.29, 1.82) is 0 Å². The molecular weight excluding hydrogens is 365 g/mol. The van der Waals surface area contributed by atoms with E-state index in [2.05, 4.69) is 50.2 Å². The lowest BCUT2D eigenvalue weighted by Crippen LogP contribution is -1.92. The highest BCUT2D eigenvalue weighted by atomic mass is 127. The van der Waals surface area contributed by atoms with Crippen LogP contribution in [0, 0.1) is 7.53 Å². The second-order valence-corrected chi connectivity index (χ2v) is 3.87. The first kappa shape index (κ1) is 8.06.